The van der Waals surface area contributed by atoms with E-state index in [0.717, 1.165) is 11.5 Å². The Hall–Kier alpha value is -0.960. The average molecular weight is 483 g/mol. The van der Waals surface area contributed by atoms with Gasteiger partial charge >= 0.3 is 11.9 Å². The van der Waals surface area contributed by atoms with Gasteiger partial charge in [-0.3, -0.25) is 0 Å². The molecule has 0 spiro atoms. The second-order valence-electron chi connectivity index (χ2n) is 7.27. The van der Waals surface area contributed by atoms with Gasteiger partial charge in [0.2, 0.25) is 0 Å². The van der Waals surface area contributed by atoms with Crippen molar-refractivity contribution in [2.24, 2.45) is 0 Å². The number of hydrogen-bond donors (Lipinski definition) is 0. The molecule has 0 aliphatic carbocycles. The summed E-state index contributed by atoms with van der Waals surface area (Å²) in [7, 11) is 0. The second-order valence-corrected chi connectivity index (χ2v) is 13.0. The van der Waals surface area contributed by atoms with Gasteiger partial charge in [-0.05, 0) is 25.0 Å². The summed E-state index contributed by atoms with van der Waals surface area (Å²) in [6.07, 6.45) is 0. The first-order valence-electron chi connectivity index (χ1n) is 9.62. The van der Waals surface area contributed by atoms with E-state index in [0.29, 0.717) is 44.0 Å². The maximum atomic E-state index is 11.6. The van der Waals surface area contributed by atoms with Crippen LogP contribution in [0.2, 0.25) is 0 Å². The number of carbonyl (C=O) groups excluding carboxylic acids is 2. The lowest BCUT2D eigenvalue weighted by atomic mass is 10.2. The van der Waals surface area contributed by atoms with Gasteiger partial charge in [-0.25, -0.2) is 9.59 Å². The third-order valence-corrected chi connectivity index (χ3v) is 11.1. The number of hydrogen-bond acceptors (Lipinski definition) is 8. The molecule has 1 aromatic carbocycles. The quantitative estimate of drug-likeness (QED) is 0.350. The monoisotopic (exact) mass is 482 g/mol. The summed E-state index contributed by atoms with van der Waals surface area (Å²) in [5.74, 6) is 1.32. The highest BCUT2D eigenvalue weighted by Crippen LogP contribution is 2.51. The average Bonchev–Trinajstić information content (AvgIpc) is 3.40. The molecule has 2 fully saturated rings. The molecule has 0 N–H and O–H groups in total. The second kappa shape index (κ2) is 11.1. The van der Waals surface area contributed by atoms with Gasteiger partial charge in [-0.15, -0.1) is 47.0 Å². The van der Waals surface area contributed by atoms with E-state index in [9.17, 15) is 9.59 Å². The fourth-order valence-electron chi connectivity index (χ4n) is 2.81. The van der Waals surface area contributed by atoms with Crippen molar-refractivity contribution in [2.75, 3.05) is 24.7 Å². The topological polar surface area (TPSA) is 52.6 Å². The number of ether oxygens (including phenoxy) is 2. The Bertz CT molecular complexity index is 741. The number of rotatable bonds is 8. The Morgan fingerprint density at radius 2 is 1.20 bits per heavy atom. The van der Waals surface area contributed by atoms with Crippen molar-refractivity contribution in [3.8, 4) is 0 Å². The van der Waals surface area contributed by atoms with Crippen LogP contribution in [0.3, 0.4) is 0 Å². The molecule has 8 heteroatoms. The number of carbonyl (C=O) groups is 2. The third-order valence-electron chi connectivity index (χ3n) is 4.48. The van der Waals surface area contributed by atoms with Crippen molar-refractivity contribution < 1.29 is 19.1 Å². The van der Waals surface area contributed by atoms with E-state index >= 15 is 0 Å². The smallest absolute Gasteiger partial charge is 0.333 e. The van der Waals surface area contributed by atoms with Crippen LogP contribution < -0.4 is 0 Å². The molecule has 2 heterocycles. The Labute approximate surface area is 195 Å². The van der Waals surface area contributed by atoms with Crippen LogP contribution in [0.5, 0.6) is 0 Å². The summed E-state index contributed by atoms with van der Waals surface area (Å²) in [5, 5.41) is 0.623. The van der Waals surface area contributed by atoms with E-state index in [4.69, 9.17) is 9.47 Å². The molecule has 0 radical (unpaired) electrons. The van der Waals surface area contributed by atoms with Crippen molar-refractivity contribution in [2.45, 2.75) is 33.5 Å². The van der Waals surface area contributed by atoms with Crippen LogP contribution in [0.15, 0.2) is 48.6 Å². The van der Waals surface area contributed by atoms with E-state index in [1.165, 1.54) is 11.1 Å². The Morgan fingerprint density at radius 1 is 0.833 bits per heavy atom. The van der Waals surface area contributed by atoms with Crippen molar-refractivity contribution in [3.63, 3.8) is 0 Å². The molecule has 0 aromatic heterocycles. The predicted octanol–water partition coefficient (Wildman–Crippen LogP) is 5.62. The normalized spacial score (nSPS) is 25.7. The summed E-state index contributed by atoms with van der Waals surface area (Å²) in [6, 6.07) is 8.82. The maximum absolute atomic E-state index is 11.6. The molecule has 4 unspecified atom stereocenters. The lowest BCUT2D eigenvalue weighted by molar-refractivity contribution is -0.139. The third kappa shape index (κ3) is 6.52. The van der Waals surface area contributed by atoms with Gasteiger partial charge in [0.25, 0.3) is 0 Å². The Balaban J connectivity index is 1.46. The highest BCUT2D eigenvalue weighted by atomic mass is 32.2. The molecule has 2 aliphatic rings. The minimum atomic E-state index is -0.312. The fraction of sp³-hybridized carbons (Fsp3) is 0.455. The van der Waals surface area contributed by atoms with Crippen molar-refractivity contribution in [1.82, 2.24) is 0 Å². The van der Waals surface area contributed by atoms with Crippen LogP contribution >= 0.6 is 47.0 Å². The zero-order valence-corrected chi connectivity index (χ0v) is 20.4. The van der Waals surface area contributed by atoms with Crippen LogP contribution in [-0.2, 0) is 19.1 Å². The minimum Gasteiger partial charge on any atom is -0.461 e. The van der Waals surface area contributed by atoms with Gasteiger partial charge < -0.3 is 9.47 Å². The van der Waals surface area contributed by atoms with Crippen LogP contribution in [0.4, 0.5) is 0 Å². The first-order valence-corrected chi connectivity index (χ1v) is 13.6. The van der Waals surface area contributed by atoms with E-state index in [1.807, 2.05) is 47.0 Å². The molecular formula is C22H26O4S4. The zero-order valence-electron chi connectivity index (χ0n) is 17.1. The summed E-state index contributed by atoms with van der Waals surface area (Å²) >= 11 is 7.51. The molecule has 0 saturated carbocycles. The molecule has 0 amide bonds. The summed E-state index contributed by atoms with van der Waals surface area (Å²) < 4.78 is 11.3. The van der Waals surface area contributed by atoms with Gasteiger partial charge in [0.1, 0.15) is 13.2 Å². The molecule has 1 aromatic rings. The SMILES string of the molecule is C=C(C)C(=O)OCC1CSC(c2ccc(C3SCC(COC(=O)C(=C)C)S3)cc2)S1. The molecule has 3 rings (SSSR count). The number of benzene rings is 1. The van der Waals surface area contributed by atoms with Crippen molar-refractivity contribution >= 4 is 59.0 Å². The molecule has 2 aliphatic heterocycles. The number of esters is 2. The molecule has 4 atom stereocenters. The highest BCUT2D eigenvalue weighted by molar-refractivity contribution is 8.20. The first kappa shape index (κ1) is 23.7. The van der Waals surface area contributed by atoms with Gasteiger partial charge in [-0.2, -0.15) is 0 Å². The summed E-state index contributed by atoms with van der Waals surface area (Å²) in [4.78, 5) is 23.1. The summed E-state index contributed by atoms with van der Waals surface area (Å²) in [5.41, 5.74) is 3.47. The molecule has 2 saturated heterocycles. The molecule has 162 valence electrons. The van der Waals surface area contributed by atoms with E-state index in [-0.39, 0.29) is 11.9 Å². The Kier molecular flexibility index (Phi) is 8.74. The van der Waals surface area contributed by atoms with Gasteiger partial charge in [-0.1, -0.05) is 37.4 Å². The lowest BCUT2D eigenvalue weighted by Crippen LogP contribution is -2.16. The van der Waals surface area contributed by atoms with Crippen molar-refractivity contribution in [1.29, 1.82) is 0 Å². The largest absolute Gasteiger partial charge is 0.461 e. The fourth-order valence-corrected chi connectivity index (χ4v) is 9.25. The zero-order chi connectivity index (χ0) is 21.7. The van der Waals surface area contributed by atoms with Gasteiger partial charge in [0.05, 0.1) is 9.16 Å². The van der Waals surface area contributed by atoms with Gasteiger partial charge in [0.15, 0.2) is 0 Å². The molecule has 4 nitrogen and oxygen atoms in total. The standard InChI is InChI=1S/C22H26O4S4/c1-13(2)19(23)25-9-17-11-27-21(29-17)15-5-7-16(8-6-15)22-28-12-18(30-22)10-26-20(24)14(3)4/h5-8,17-18,21-22H,1,3,9-12H2,2,4H3. The maximum Gasteiger partial charge on any atom is 0.333 e. The van der Waals surface area contributed by atoms with Gasteiger partial charge in [0, 0.05) is 33.2 Å². The lowest BCUT2D eigenvalue weighted by Gasteiger charge is -2.14. The number of thioether (sulfide) groups is 4. The summed E-state index contributed by atoms with van der Waals surface area (Å²) in [6.45, 7) is 11.4. The Morgan fingerprint density at radius 3 is 1.53 bits per heavy atom. The molecule has 0 bridgehead atoms. The minimum absolute atomic E-state index is 0.312. The van der Waals surface area contributed by atoms with Crippen LogP contribution in [0.1, 0.15) is 34.1 Å². The van der Waals surface area contributed by atoms with Crippen LogP contribution in [0.25, 0.3) is 0 Å². The predicted molar refractivity (Wildman–Crippen MR) is 131 cm³/mol. The van der Waals surface area contributed by atoms with E-state index < -0.39 is 0 Å². The van der Waals surface area contributed by atoms with E-state index in [1.54, 1.807) is 13.8 Å². The van der Waals surface area contributed by atoms with E-state index in [2.05, 4.69) is 37.4 Å². The van der Waals surface area contributed by atoms with Crippen molar-refractivity contribution in [3.05, 3.63) is 59.7 Å². The molecular weight excluding hydrogens is 457 g/mol. The first-order chi connectivity index (χ1) is 14.3. The molecule has 30 heavy (non-hydrogen) atoms. The highest BCUT2D eigenvalue weighted by Gasteiger charge is 2.30. The van der Waals surface area contributed by atoms with Crippen LogP contribution in [0, 0.1) is 0 Å². The van der Waals surface area contributed by atoms with Crippen LogP contribution in [-0.4, -0.2) is 47.2 Å².